The average Bonchev–Trinajstić information content (AvgIpc) is 2.73. The van der Waals surface area contributed by atoms with Crippen molar-refractivity contribution in [2.75, 3.05) is 19.6 Å². The van der Waals surface area contributed by atoms with Crippen molar-refractivity contribution < 1.29 is 0 Å². The summed E-state index contributed by atoms with van der Waals surface area (Å²) in [4.78, 5) is 2.78. The van der Waals surface area contributed by atoms with Crippen molar-refractivity contribution in [3.63, 3.8) is 0 Å². The number of hydrogen-bond acceptors (Lipinski definition) is 1. The summed E-state index contributed by atoms with van der Waals surface area (Å²) in [7, 11) is 0. The van der Waals surface area contributed by atoms with Crippen molar-refractivity contribution in [2.45, 2.75) is 119 Å². The molecule has 0 bridgehead atoms. The topological polar surface area (TPSA) is 3.24 Å². The first-order valence-electron chi connectivity index (χ1n) is 13.6. The first kappa shape index (κ1) is 30.2. The van der Waals surface area contributed by atoms with Crippen LogP contribution in [-0.4, -0.2) is 24.5 Å². The first-order valence-corrected chi connectivity index (χ1v) is 13.6. The SMILES string of the molecule is CC(C)CCCCCN(CCCCCC(C)C)CCCCCC(C)C.c1ccccc1. The maximum atomic E-state index is 2.78. The van der Waals surface area contributed by atoms with E-state index in [1.54, 1.807) is 0 Å². The number of nitrogens with zero attached hydrogens (tertiary/aromatic N) is 1. The van der Waals surface area contributed by atoms with Crippen LogP contribution in [-0.2, 0) is 0 Å². The fourth-order valence-corrected chi connectivity index (χ4v) is 3.91. The molecule has 0 N–H and O–H groups in total. The zero-order chi connectivity index (χ0) is 23.2. The first-order chi connectivity index (χ1) is 14.9. The summed E-state index contributed by atoms with van der Waals surface area (Å²) in [5.74, 6) is 2.62. The van der Waals surface area contributed by atoms with E-state index in [4.69, 9.17) is 0 Å². The van der Waals surface area contributed by atoms with Gasteiger partial charge in [-0.2, -0.15) is 0 Å². The number of hydrogen-bond donors (Lipinski definition) is 0. The molecule has 1 rings (SSSR count). The van der Waals surface area contributed by atoms with E-state index in [-0.39, 0.29) is 0 Å². The minimum absolute atomic E-state index is 0.873. The van der Waals surface area contributed by atoms with Crippen molar-refractivity contribution in [3.05, 3.63) is 36.4 Å². The Kier molecular flexibility index (Phi) is 21.8. The Morgan fingerprint density at radius 2 is 0.645 bits per heavy atom. The van der Waals surface area contributed by atoms with Gasteiger partial charge in [0.05, 0.1) is 0 Å². The molecule has 0 aliphatic rings. The van der Waals surface area contributed by atoms with Crippen LogP contribution >= 0.6 is 0 Å². The number of benzene rings is 1. The van der Waals surface area contributed by atoms with Crippen molar-refractivity contribution >= 4 is 0 Å². The second kappa shape index (κ2) is 22.4. The van der Waals surface area contributed by atoms with Gasteiger partial charge in [0.1, 0.15) is 0 Å². The molecule has 1 nitrogen and oxygen atoms in total. The lowest BCUT2D eigenvalue weighted by Crippen LogP contribution is -2.27. The third kappa shape index (κ3) is 25.3. The summed E-state index contributed by atoms with van der Waals surface area (Å²) in [6, 6.07) is 12.0. The van der Waals surface area contributed by atoms with Crippen molar-refractivity contribution in [1.82, 2.24) is 4.90 Å². The molecule has 0 aromatic heterocycles. The van der Waals surface area contributed by atoms with E-state index in [9.17, 15) is 0 Å². The Bertz CT molecular complexity index is 367. The highest BCUT2D eigenvalue weighted by Gasteiger charge is 2.06. The molecular formula is C30H57N. The molecule has 1 aromatic carbocycles. The number of rotatable bonds is 18. The fourth-order valence-electron chi connectivity index (χ4n) is 3.91. The van der Waals surface area contributed by atoms with E-state index in [0.29, 0.717) is 0 Å². The second-order valence-electron chi connectivity index (χ2n) is 10.7. The molecule has 31 heavy (non-hydrogen) atoms. The highest BCUT2D eigenvalue weighted by Crippen LogP contribution is 2.13. The monoisotopic (exact) mass is 431 g/mol. The molecular weight excluding hydrogens is 374 g/mol. The maximum absolute atomic E-state index is 2.78. The largest absolute Gasteiger partial charge is 0.303 e. The van der Waals surface area contributed by atoms with Crippen LogP contribution in [0.1, 0.15) is 119 Å². The van der Waals surface area contributed by atoms with Crippen LogP contribution < -0.4 is 0 Å². The molecule has 1 heteroatoms. The highest BCUT2D eigenvalue weighted by molar-refractivity contribution is 4.99. The molecule has 1 aromatic rings. The van der Waals surface area contributed by atoms with Gasteiger partial charge in [-0.25, -0.2) is 0 Å². The predicted molar refractivity (Wildman–Crippen MR) is 143 cm³/mol. The maximum Gasteiger partial charge on any atom is -0.00187 e. The standard InChI is InChI=1S/C24H51N.C6H6/c1-22(2)16-10-7-13-19-25(20-14-8-11-17-23(3)4)21-15-9-12-18-24(5)6;1-2-4-6-5-3-1/h22-24H,7-21H2,1-6H3;1-6H. The summed E-state index contributed by atoms with van der Waals surface area (Å²) < 4.78 is 0. The smallest absolute Gasteiger partial charge is 0.00187 e. The van der Waals surface area contributed by atoms with Crippen LogP contribution in [0, 0.1) is 17.8 Å². The van der Waals surface area contributed by atoms with Gasteiger partial charge in [-0.15, -0.1) is 0 Å². The Morgan fingerprint density at radius 1 is 0.387 bits per heavy atom. The summed E-state index contributed by atoms with van der Waals surface area (Å²) >= 11 is 0. The third-order valence-corrected chi connectivity index (χ3v) is 5.93. The van der Waals surface area contributed by atoms with Crippen molar-refractivity contribution in [3.8, 4) is 0 Å². The van der Waals surface area contributed by atoms with Crippen molar-refractivity contribution in [2.24, 2.45) is 17.8 Å². The Hall–Kier alpha value is -0.820. The second-order valence-corrected chi connectivity index (χ2v) is 10.7. The van der Waals surface area contributed by atoms with Crippen LogP contribution in [0.3, 0.4) is 0 Å². The van der Waals surface area contributed by atoms with E-state index in [0.717, 1.165) is 17.8 Å². The van der Waals surface area contributed by atoms with Gasteiger partial charge in [0.15, 0.2) is 0 Å². The lowest BCUT2D eigenvalue weighted by Gasteiger charge is -2.22. The zero-order valence-electron chi connectivity index (χ0n) is 22.2. The minimum atomic E-state index is 0.873. The summed E-state index contributed by atoms with van der Waals surface area (Å²) in [6.45, 7) is 18.1. The minimum Gasteiger partial charge on any atom is -0.303 e. The molecule has 0 fully saturated rings. The molecule has 0 radical (unpaired) electrons. The predicted octanol–water partition coefficient (Wildman–Crippen LogP) is 9.62. The molecule has 182 valence electrons. The molecule has 0 heterocycles. The number of unbranched alkanes of at least 4 members (excludes halogenated alkanes) is 6. The van der Waals surface area contributed by atoms with E-state index >= 15 is 0 Å². The van der Waals surface area contributed by atoms with Crippen LogP contribution in [0.5, 0.6) is 0 Å². The summed E-state index contributed by atoms with van der Waals surface area (Å²) in [6.07, 6.45) is 17.0. The molecule has 0 atom stereocenters. The van der Waals surface area contributed by atoms with Gasteiger partial charge >= 0.3 is 0 Å². The fraction of sp³-hybridized carbons (Fsp3) is 0.800. The molecule has 0 aliphatic heterocycles. The van der Waals surface area contributed by atoms with Crippen LogP contribution in [0.4, 0.5) is 0 Å². The zero-order valence-corrected chi connectivity index (χ0v) is 22.2. The Labute approximate surface area is 197 Å². The van der Waals surface area contributed by atoms with E-state index < -0.39 is 0 Å². The van der Waals surface area contributed by atoms with Crippen LogP contribution in [0.2, 0.25) is 0 Å². The van der Waals surface area contributed by atoms with Gasteiger partial charge in [0.25, 0.3) is 0 Å². The van der Waals surface area contributed by atoms with Crippen LogP contribution in [0.15, 0.2) is 36.4 Å². The quantitative estimate of drug-likeness (QED) is 0.209. The summed E-state index contributed by atoms with van der Waals surface area (Å²) in [5.41, 5.74) is 0. The molecule has 0 amide bonds. The van der Waals surface area contributed by atoms with E-state index in [2.05, 4.69) is 46.4 Å². The third-order valence-electron chi connectivity index (χ3n) is 5.93. The Morgan fingerprint density at radius 3 is 0.871 bits per heavy atom. The highest BCUT2D eigenvalue weighted by atomic mass is 15.1. The van der Waals surface area contributed by atoms with Gasteiger partial charge in [0, 0.05) is 0 Å². The lowest BCUT2D eigenvalue weighted by molar-refractivity contribution is 0.252. The molecule has 0 aliphatic carbocycles. The van der Waals surface area contributed by atoms with Crippen molar-refractivity contribution in [1.29, 1.82) is 0 Å². The van der Waals surface area contributed by atoms with E-state index in [1.807, 2.05) is 36.4 Å². The molecule has 0 spiro atoms. The molecule has 0 unspecified atom stereocenters. The van der Waals surface area contributed by atoms with Gasteiger partial charge in [-0.05, 0) is 56.7 Å². The molecule has 0 saturated carbocycles. The van der Waals surface area contributed by atoms with Gasteiger partial charge in [0.2, 0.25) is 0 Å². The van der Waals surface area contributed by atoms with E-state index in [1.165, 1.54) is 96.7 Å². The van der Waals surface area contributed by atoms with Gasteiger partial charge < -0.3 is 4.90 Å². The normalized spacial score (nSPS) is 11.4. The average molecular weight is 432 g/mol. The van der Waals surface area contributed by atoms with Gasteiger partial charge in [-0.1, -0.05) is 136 Å². The van der Waals surface area contributed by atoms with Crippen LogP contribution in [0.25, 0.3) is 0 Å². The lowest BCUT2D eigenvalue weighted by atomic mass is 10.0. The van der Waals surface area contributed by atoms with Gasteiger partial charge in [-0.3, -0.25) is 0 Å². The molecule has 0 saturated heterocycles. The summed E-state index contributed by atoms with van der Waals surface area (Å²) in [5, 5.41) is 0. The Balaban J connectivity index is 0.00000127.